The highest BCUT2D eigenvalue weighted by molar-refractivity contribution is 5.96. The van der Waals surface area contributed by atoms with E-state index in [1.54, 1.807) is 6.07 Å². The summed E-state index contributed by atoms with van der Waals surface area (Å²) in [5.74, 6) is -3.48. The number of nitrogens with zero attached hydrogens (tertiary/aromatic N) is 3. The second-order valence-electron chi connectivity index (χ2n) is 6.96. The van der Waals surface area contributed by atoms with Gasteiger partial charge in [-0.1, -0.05) is 0 Å². The van der Waals surface area contributed by atoms with E-state index in [0.29, 0.717) is 43.8 Å². The number of nitriles is 1. The van der Waals surface area contributed by atoms with Crippen LogP contribution in [0, 0.1) is 23.0 Å². The van der Waals surface area contributed by atoms with Gasteiger partial charge in [0, 0.05) is 32.7 Å². The van der Waals surface area contributed by atoms with Gasteiger partial charge < -0.3 is 15.0 Å². The number of nitrogens with one attached hydrogen (secondary N) is 2. The molecule has 30 heavy (non-hydrogen) atoms. The number of halogens is 2. The Bertz CT molecular complexity index is 962. The second-order valence-corrected chi connectivity index (χ2v) is 6.96. The van der Waals surface area contributed by atoms with Crippen LogP contribution in [0.25, 0.3) is 0 Å². The summed E-state index contributed by atoms with van der Waals surface area (Å²) in [6.07, 6.45) is 2.69. The van der Waals surface area contributed by atoms with E-state index in [-0.39, 0.29) is 23.9 Å². The topological polar surface area (TPSA) is 111 Å². The molecule has 2 heterocycles. The van der Waals surface area contributed by atoms with Crippen LogP contribution in [-0.2, 0) is 4.74 Å². The van der Waals surface area contributed by atoms with Gasteiger partial charge in [0.15, 0.2) is 0 Å². The van der Waals surface area contributed by atoms with Crippen molar-refractivity contribution in [1.29, 1.82) is 5.26 Å². The van der Waals surface area contributed by atoms with Gasteiger partial charge in [0.25, 0.3) is 11.8 Å². The number of rotatable bonds is 6. The van der Waals surface area contributed by atoms with Gasteiger partial charge in [0.1, 0.15) is 17.2 Å². The Morgan fingerprint density at radius 1 is 1.40 bits per heavy atom. The fourth-order valence-electron chi connectivity index (χ4n) is 3.55. The van der Waals surface area contributed by atoms with Gasteiger partial charge in [-0.25, -0.2) is 8.78 Å². The minimum Gasteiger partial charge on any atom is -0.383 e. The van der Waals surface area contributed by atoms with E-state index >= 15 is 0 Å². The summed E-state index contributed by atoms with van der Waals surface area (Å²) in [7, 11) is 1.53. The van der Waals surface area contributed by atoms with Crippen LogP contribution in [0.5, 0.6) is 0 Å². The minimum absolute atomic E-state index is 0.179. The van der Waals surface area contributed by atoms with E-state index in [1.807, 2.05) is 0 Å². The van der Waals surface area contributed by atoms with Crippen molar-refractivity contribution in [3.05, 3.63) is 52.3 Å². The molecule has 1 aromatic carbocycles. The quantitative estimate of drug-likeness (QED) is 0.698. The lowest BCUT2D eigenvalue weighted by molar-refractivity contribution is 0.0695. The number of aromatic nitrogens is 2. The molecular weight excluding hydrogens is 396 g/mol. The van der Waals surface area contributed by atoms with E-state index in [4.69, 9.17) is 10.00 Å². The zero-order chi connectivity index (χ0) is 21.7. The molecule has 2 N–H and O–H groups in total. The highest BCUT2D eigenvalue weighted by Gasteiger charge is 2.31. The Morgan fingerprint density at radius 2 is 2.13 bits per heavy atom. The SMILES string of the molecule is COCCNC(=O)c1cn[nH]c1[C@H]1CCCN(C(=O)c2c(F)cc(C#N)cc2F)C1. The van der Waals surface area contributed by atoms with Crippen molar-refractivity contribution >= 4 is 11.8 Å². The second kappa shape index (κ2) is 9.45. The van der Waals surface area contributed by atoms with Crippen molar-refractivity contribution in [2.45, 2.75) is 18.8 Å². The van der Waals surface area contributed by atoms with Gasteiger partial charge >= 0.3 is 0 Å². The minimum atomic E-state index is -1.07. The molecule has 1 aromatic heterocycles. The van der Waals surface area contributed by atoms with Crippen LogP contribution in [0.4, 0.5) is 8.78 Å². The Balaban J connectivity index is 1.77. The van der Waals surface area contributed by atoms with Crippen molar-refractivity contribution in [2.24, 2.45) is 0 Å². The monoisotopic (exact) mass is 417 g/mol. The molecule has 1 aliphatic heterocycles. The number of carbonyl (C=O) groups excluding carboxylic acids is 2. The molecule has 3 rings (SSSR count). The van der Waals surface area contributed by atoms with E-state index in [0.717, 1.165) is 12.1 Å². The number of carbonyl (C=O) groups is 2. The maximum absolute atomic E-state index is 14.3. The van der Waals surface area contributed by atoms with E-state index in [9.17, 15) is 18.4 Å². The first kappa shape index (κ1) is 21.4. The Labute approximate surface area is 171 Å². The number of likely N-dealkylation sites (tertiary alicyclic amines) is 1. The summed E-state index contributed by atoms with van der Waals surface area (Å²) < 4.78 is 33.5. The number of benzene rings is 1. The zero-order valence-electron chi connectivity index (χ0n) is 16.4. The molecule has 0 spiro atoms. The first-order chi connectivity index (χ1) is 14.5. The van der Waals surface area contributed by atoms with Gasteiger partial charge in [-0.2, -0.15) is 10.4 Å². The fraction of sp³-hybridized carbons (Fsp3) is 0.400. The summed E-state index contributed by atoms with van der Waals surface area (Å²) in [5, 5.41) is 18.3. The third-order valence-electron chi connectivity index (χ3n) is 5.01. The number of piperidine rings is 1. The van der Waals surface area contributed by atoms with Crippen LogP contribution < -0.4 is 5.32 Å². The van der Waals surface area contributed by atoms with Crippen LogP contribution in [0.2, 0.25) is 0 Å². The fourth-order valence-corrected chi connectivity index (χ4v) is 3.55. The predicted molar refractivity (Wildman–Crippen MR) is 102 cm³/mol. The number of methoxy groups -OCH3 is 1. The van der Waals surface area contributed by atoms with Crippen LogP contribution >= 0.6 is 0 Å². The highest BCUT2D eigenvalue weighted by Crippen LogP contribution is 2.29. The van der Waals surface area contributed by atoms with Crippen molar-refractivity contribution in [3.8, 4) is 6.07 Å². The highest BCUT2D eigenvalue weighted by atomic mass is 19.1. The summed E-state index contributed by atoms with van der Waals surface area (Å²) in [4.78, 5) is 26.5. The Morgan fingerprint density at radius 3 is 2.80 bits per heavy atom. The maximum Gasteiger partial charge on any atom is 0.259 e. The lowest BCUT2D eigenvalue weighted by atomic mass is 9.92. The summed E-state index contributed by atoms with van der Waals surface area (Å²) in [6.45, 7) is 1.22. The molecule has 10 heteroatoms. The summed E-state index contributed by atoms with van der Waals surface area (Å²) in [5.41, 5.74) is 0.0563. The molecule has 2 aromatic rings. The molecule has 1 fully saturated rings. The number of hydrogen-bond donors (Lipinski definition) is 2. The van der Waals surface area contributed by atoms with Gasteiger partial charge in [-0.3, -0.25) is 14.7 Å². The van der Waals surface area contributed by atoms with Crippen molar-refractivity contribution in [2.75, 3.05) is 33.4 Å². The van der Waals surface area contributed by atoms with Gasteiger partial charge in [0.05, 0.1) is 35.7 Å². The summed E-state index contributed by atoms with van der Waals surface area (Å²) >= 11 is 0. The normalized spacial score (nSPS) is 16.2. The van der Waals surface area contributed by atoms with Crippen LogP contribution in [0.15, 0.2) is 18.3 Å². The molecule has 158 valence electrons. The molecular formula is C20H21F2N5O3. The smallest absolute Gasteiger partial charge is 0.259 e. The number of aromatic amines is 1. The largest absolute Gasteiger partial charge is 0.383 e. The van der Waals surface area contributed by atoms with Crippen LogP contribution in [-0.4, -0.2) is 60.3 Å². The van der Waals surface area contributed by atoms with Crippen molar-refractivity contribution in [1.82, 2.24) is 20.4 Å². The molecule has 0 aliphatic carbocycles. The molecule has 1 atom stereocenters. The maximum atomic E-state index is 14.3. The Kier molecular flexibility index (Phi) is 6.74. The van der Waals surface area contributed by atoms with Crippen molar-refractivity contribution in [3.63, 3.8) is 0 Å². The molecule has 1 aliphatic rings. The molecule has 0 bridgehead atoms. The molecule has 1 saturated heterocycles. The average molecular weight is 417 g/mol. The van der Waals surface area contributed by atoms with Gasteiger partial charge in [-0.15, -0.1) is 0 Å². The van der Waals surface area contributed by atoms with Crippen molar-refractivity contribution < 1.29 is 23.1 Å². The first-order valence-electron chi connectivity index (χ1n) is 9.45. The number of H-pyrrole nitrogens is 1. The van der Waals surface area contributed by atoms with Crippen LogP contribution in [0.3, 0.4) is 0 Å². The zero-order valence-corrected chi connectivity index (χ0v) is 16.4. The number of amides is 2. The molecule has 8 nitrogen and oxygen atoms in total. The van der Waals surface area contributed by atoms with Gasteiger partial charge in [-0.05, 0) is 25.0 Å². The predicted octanol–water partition coefficient (Wildman–Crippen LogP) is 1.96. The molecule has 0 radical (unpaired) electrons. The Hall–Kier alpha value is -3.32. The van der Waals surface area contributed by atoms with E-state index in [2.05, 4.69) is 15.5 Å². The molecule has 2 amide bonds. The third kappa shape index (κ3) is 4.46. The number of hydrogen-bond acceptors (Lipinski definition) is 5. The third-order valence-corrected chi connectivity index (χ3v) is 5.01. The van der Waals surface area contributed by atoms with Crippen LogP contribution in [0.1, 0.15) is 50.7 Å². The molecule has 0 saturated carbocycles. The summed E-state index contributed by atoms with van der Waals surface area (Å²) in [6, 6.07) is 3.34. The lowest BCUT2D eigenvalue weighted by Crippen LogP contribution is -2.40. The average Bonchev–Trinajstić information content (AvgIpc) is 3.23. The van der Waals surface area contributed by atoms with E-state index in [1.165, 1.54) is 18.2 Å². The standard InChI is InChI=1S/C20H21F2N5O3/c1-30-6-4-24-19(28)14-10-25-26-18(14)13-3-2-5-27(11-13)20(29)17-15(21)7-12(9-23)8-16(17)22/h7-8,10,13H,2-6,11H2,1H3,(H,24,28)(H,25,26)/t13-/m0/s1. The first-order valence-corrected chi connectivity index (χ1v) is 9.45. The number of ether oxygens (including phenoxy) is 1. The van der Waals surface area contributed by atoms with Gasteiger partial charge in [0.2, 0.25) is 0 Å². The lowest BCUT2D eigenvalue weighted by Gasteiger charge is -2.32. The van der Waals surface area contributed by atoms with E-state index < -0.39 is 23.1 Å². The molecule has 0 unspecified atom stereocenters.